The van der Waals surface area contributed by atoms with E-state index in [9.17, 15) is 0 Å². The Kier molecular flexibility index (Phi) is 0.917. The van der Waals surface area contributed by atoms with Crippen molar-refractivity contribution >= 4 is 11.0 Å². The highest BCUT2D eigenvalue weighted by Crippen LogP contribution is 2.07. The summed E-state index contributed by atoms with van der Waals surface area (Å²) in [7, 11) is 0. The summed E-state index contributed by atoms with van der Waals surface area (Å²) in [4.78, 5) is 4.04. The number of fused-ring (bicyclic) bond motifs is 1. The Morgan fingerprint density at radius 2 is 2.50 bits per heavy atom. The molecular weight excluding hydrogens is 126 g/mol. The van der Waals surface area contributed by atoms with Gasteiger partial charge in [0, 0.05) is 0 Å². The molecule has 0 saturated heterocycles. The first-order chi connectivity index (χ1) is 4.88. The van der Waals surface area contributed by atoms with Crippen molar-refractivity contribution in [1.82, 2.24) is 9.66 Å². The first-order valence-corrected chi connectivity index (χ1v) is 2.96. The number of nitrogen functional groups attached to an aromatic ring is 1. The maximum absolute atomic E-state index is 5.51. The molecule has 0 fully saturated rings. The highest BCUT2D eigenvalue weighted by molar-refractivity contribution is 5.74. The minimum atomic E-state index is 0.904. The van der Waals surface area contributed by atoms with Crippen LogP contribution >= 0.6 is 0 Å². The number of nitrogens with zero attached hydrogens (tertiary/aromatic N) is 2. The van der Waals surface area contributed by atoms with Gasteiger partial charge in [0.25, 0.3) is 0 Å². The smallest absolute Gasteiger partial charge is 0.115 e. The Hall–Kier alpha value is -1.51. The molecule has 0 spiro atoms. The van der Waals surface area contributed by atoms with Crippen molar-refractivity contribution in [2.75, 3.05) is 5.84 Å². The van der Waals surface area contributed by atoms with E-state index >= 15 is 0 Å². The van der Waals surface area contributed by atoms with Crippen molar-refractivity contribution in [3.63, 3.8) is 0 Å². The van der Waals surface area contributed by atoms with E-state index in [1.54, 1.807) is 6.33 Å². The van der Waals surface area contributed by atoms with Gasteiger partial charge in [0.15, 0.2) is 0 Å². The molecule has 0 aliphatic carbocycles. The Balaban J connectivity index is 2.93. The molecule has 0 unspecified atom stereocenters. The zero-order valence-electron chi connectivity index (χ0n) is 5.28. The maximum atomic E-state index is 5.51. The second kappa shape index (κ2) is 1.73. The lowest BCUT2D eigenvalue weighted by Gasteiger charge is -1.90. The average Bonchev–Trinajstić information content (AvgIpc) is 2.34. The van der Waals surface area contributed by atoms with Crippen LogP contribution in [0.25, 0.3) is 11.0 Å². The Morgan fingerprint density at radius 3 is 3.30 bits per heavy atom. The maximum Gasteiger partial charge on any atom is 0.115 e. The van der Waals surface area contributed by atoms with Gasteiger partial charge in [-0.3, -0.25) is 0 Å². The average molecular weight is 132 g/mol. The summed E-state index contributed by atoms with van der Waals surface area (Å²) in [6, 6.07) is 8.42. The Morgan fingerprint density at radius 1 is 1.60 bits per heavy atom. The first-order valence-electron chi connectivity index (χ1n) is 2.96. The molecule has 0 atom stereocenters. The fourth-order valence-electron chi connectivity index (χ4n) is 0.916. The van der Waals surface area contributed by atoms with E-state index in [-0.39, 0.29) is 0 Å². The van der Waals surface area contributed by atoms with Crippen LogP contribution in [0.15, 0.2) is 24.5 Å². The minimum absolute atomic E-state index is 0.904. The van der Waals surface area contributed by atoms with Crippen LogP contribution in [0, 0.1) is 6.07 Å². The standard InChI is InChI=1S/C7H6N3/c8-10-5-9-6-3-1-2-4-7(6)10/h1,3-5H,8H2. The van der Waals surface area contributed by atoms with Gasteiger partial charge in [-0.2, -0.15) is 0 Å². The zero-order valence-corrected chi connectivity index (χ0v) is 5.28. The summed E-state index contributed by atoms with van der Waals surface area (Å²) < 4.78 is 1.48. The van der Waals surface area contributed by atoms with E-state index in [1.165, 1.54) is 4.68 Å². The Bertz CT molecular complexity index is 350. The number of hydrogen-bond acceptors (Lipinski definition) is 2. The topological polar surface area (TPSA) is 43.8 Å². The molecule has 10 heavy (non-hydrogen) atoms. The molecule has 1 radical (unpaired) electrons. The van der Waals surface area contributed by atoms with Gasteiger partial charge in [-0.05, 0) is 18.2 Å². The molecule has 3 nitrogen and oxygen atoms in total. The van der Waals surface area contributed by atoms with Gasteiger partial charge in [0.2, 0.25) is 0 Å². The molecule has 0 saturated carbocycles. The van der Waals surface area contributed by atoms with E-state index in [0.29, 0.717) is 0 Å². The lowest BCUT2D eigenvalue weighted by atomic mass is 10.3. The van der Waals surface area contributed by atoms with Crippen LogP contribution in [0.5, 0.6) is 0 Å². The molecule has 49 valence electrons. The van der Waals surface area contributed by atoms with Crippen molar-refractivity contribution < 1.29 is 0 Å². The van der Waals surface area contributed by atoms with Gasteiger partial charge in [-0.25, -0.2) is 9.66 Å². The molecule has 1 aromatic carbocycles. The number of benzene rings is 1. The number of rotatable bonds is 0. The molecular formula is C7H6N3. The van der Waals surface area contributed by atoms with E-state index in [0.717, 1.165) is 11.0 Å². The minimum Gasteiger partial charge on any atom is -0.338 e. The summed E-state index contributed by atoms with van der Waals surface area (Å²) >= 11 is 0. The van der Waals surface area contributed by atoms with Crippen molar-refractivity contribution in [2.45, 2.75) is 0 Å². The third-order valence-electron chi connectivity index (χ3n) is 1.42. The fraction of sp³-hybridized carbons (Fsp3) is 0. The second-order valence-corrected chi connectivity index (χ2v) is 2.07. The largest absolute Gasteiger partial charge is 0.338 e. The monoisotopic (exact) mass is 132 g/mol. The van der Waals surface area contributed by atoms with Crippen LogP contribution in [0.2, 0.25) is 0 Å². The van der Waals surface area contributed by atoms with Crippen LogP contribution in [0.1, 0.15) is 0 Å². The predicted octanol–water partition coefficient (Wildman–Crippen LogP) is 0.550. The van der Waals surface area contributed by atoms with Crippen LogP contribution < -0.4 is 5.84 Å². The summed E-state index contributed by atoms with van der Waals surface area (Å²) in [5, 5.41) is 0. The van der Waals surface area contributed by atoms with Gasteiger partial charge >= 0.3 is 0 Å². The van der Waals surface area contributed by atoms with Crippen molar-refractivity contribution in [1.29, 1.82) is 0 Å². The first kappa shape index (κ1) is 5.29. The van der Waals surface area contributed by atoms with Crippen LogP contribution in [-0.2, 0) is 0 Å². The fourth-order valence-corrected chi connectivity index (χ4v) is 0.916. The lowest BCUT2D eigenvalue weighted by Crippen LogP contribution is -2.04. The SMILES string of the molecule is Nn1cnc2cc[c]cc21. The van der Waals surface area contributed by atoms with Crippen LogP contribution in [0.3, 0.4) is 0 Å². The molecule has 3 heteroatoms. The van der Waals surface area contributed by atoms with Gasteiger partial charge in [0.1, 0.15) is 6.33 Å². The molecule has 0 amide bonds. The summed E-state index contributed by atoms with van der Waals surface area (Å²) in [6.07, 6.45) is 1.58. The normalized spacial score (nSPS) is 10.4. The lowest BCUT2D eigenvalue weighted by molar-refractivity contribution is 1.04. The van der Waals surface area contributed by atoms with E-state index in [1.807, 2.05) is 18.2 Å². The van der Waals surface area contributed by atoms with E-state index < -0.39 is 0 Å². The highest BCUT2D eigenvalue weighted by atomic mass is 15.3. The number of imidazole rings is 1. The number of nitrogens with two attached hydrogens (primary N) is 1. The summed E-state index contributed by atoms with van der Waals surface area (Å²) in [6.45, 7) is 0. The molecule has 0 bridgehead atoms. The van der Waals surface area contributed by atoms with Crippen molar-refractivity contribution in [3.05, 3.63) is 30.6 Å². The molecule has 2 N–H and O–H groups in total. The molecule has 0 aliphatic heterocycles. The van der Waals surface area contributed by atoms with E-state index in [2.05, 4.69) is 11.1 Å². The quantitative estimate of drug-likeness (QED) is 0.532. The van der Waals surface area contributed by atoms with Crippen molar-refractivity contribution in [2.24, 2.45) is 0 Å². The summed E-state index contributed by atoms with van der Waals surface area (Å²) in [5.74, 6) is 5.51. The third kappa shape index (κ3) is 0.572. The zero-order chi connectivity index (χ0) is 6.97. The van der Waals surface area contributed by atoms with Crippen molar-refractivity contribution in [3.8, 4) is 0 Å². The highest BCUT2D eigenvalue weighted by Gasteiger charge is 1.94. The Labute approximate surface area is 58.1 Å². The summed E-state index contributed by atoms with van der Waals surface area (Å²) in [5.41, 5.74) is 1.81. The number of aromatic nitrogens is 2. The molecule has 2 rings (SSSR count). The van der Waals surface area contributed by atoms with E-state index in [4.69, 9.17) is 5.84 Å². The molecule has 1 heterocycles. The third-order valence-corrected chi connectivity index (χ3v) is 1.42. The van der Waals surface area contributed by atoms with Crippen LogP contribution in [0.4, 0.5) is 0 Å². The predicted molar refractivity (Wildman–Crippen MR) is 38.7 cm³/mol. The van der Waals surface area contributed by atoms with Gasteiger partial charge < -0.3 is 5.84 Å². The van der Waals surface area contributed by atoms with Gasteiger partial charge in [0.05, 0.1) is 11.0 Å². The van der Waals surface area contributed by atoms with Crippen LogP contribution in [-0.4, -0.2) is 9.66 Å². The molecule has 2 aromatic rings. The number of hydrogen-bond donors (Lipinski definition) is 1. The second-order valence-electron chi connectivity index (χ2n) is 2.07. The van der Waals surface area contributed by atoms with Gasteiger partial charge in [-0.1, -0.05) is 6.07 Å². The van der Waals surface area contributed by atoms with Gasteiger partial charge in [-0.15, -0.1) is 0 Å². The molecule has 0 aliphatic rings. The molecule has 1 aromatic heterocycles.